The lowest BCUT2D eigenvalue weighted by Gasteiger charge is -2.08. The largest absolute Gasteiger partial charge is 0.352 e. The maximum Gasteiger partial charge on any atom is 0.234 e. The highest BCUT2D eigenvalue weighted by Crippen LogP contribution is 2.18. The zero-order chi connectivity index (χ0) is 12.3. The molecule has 17 heavy (non-hydrogen) atoms. The minimum atomic E-state index is 0.109. The highest BCUT2D eigenvalue weighted by atomic mass is 16.2. The zero-order valence-corrected chi connectivity index (χ0v) is 10.5. The summed E-state index contributed by atoms with van der Waals surface area (Å²) < 4.78 is 0. The summed E-state index contributed by atoms with van der Waals surface area (Å²) in [6, 6.07) is 6.84. The van der Waals surface area contributed by atoms with Crippen LogP contribution in [-0.4, -0.2) is 18.5 Å². The Kier molecular flexibility index (Phi) is 3.79. The molecule has 0 aliphatic heterocycles. The van der Waals surface area contributed by atoms with Crippen LogP contribution in [0.3, 0.4) is 0 Å². The molecule has 1 aliphatic carbocycles. The van der Waals surface area contributed by atoms with Crippen LogP contribution in [0, 0.1) is 13.8 Å². The molecule has 1 aromatic carbocycles. The second-order valence-corrected chi connectivity index (χ2v) is 4.88. The molecule has 1 saturated carbocycles. The van der Waals surface area contributed by atoms with Crippen molar-refractivity contribution in [2.24, 2.45) is 0 Å². The summed E-state index contributed by atoms with van der Waals surface area (Å²) in [5.41, 5.74) is 3.81. The van der Waals surface area contributed by atoms with E-state index in [1.807, 2.05) is 0 Å². The number of hydrogen-bond acceptors (Lipinski definition) is 2. The fraction of sp³-hybridized carbons (Fsp3) is 0.500. The van der Waals surface area contributed by atoms with Gasteiger partial charge in [0.25, 0.3) is 0 Å². The van der Waals surface area contributed by atoms with Gasteiger partial charge >= 0.3 is 0 Å². The molecule has 1 amide bonds. The third-order valence-corrected chi connectivity index (χ3v) is 3.04. The molecule has 3 heteroatoms. The van der Waals surface area contributed by atoms with Crippen LogP contribution < -0.4 is 10.6 Å². The number of hydrogen-bond donors (Lipinski definition) is 2. The van der Waals surface area contributed by atoms with Crippen LogP contribution in [0.5, 0.6) is 0 Å². The zero-order valence-electron chi connectivity index (χ0n) is 10.5. The highest BCUT2D eigenvalue weighted by molar-refractivity contribution is 5.78. The number of amides is 1. The number of benzene rings is 1. The third kappa shape index (κ3) is 3.86. The smallest absolute Gasteiger partial charge is 0.234 e. The molecule has 0 heterocycles. The van der Waals surface area contributed by atoms with E-state index in [1.54, 1.807) is 0 Å². The van der Waals surface area contributed by atoms with Gasteiger partial charge in [0.2, 0.25) is 5.91 Å². The average Bonchev–Trinajstić information content (AvgIpc) is 3.05. The van der Waals surface area contributed by atoms with Gasteiger partial charge in [-0.05, 0) is 37.8 Å². The lowest BCUT2D eigenvalue weighted by atomic mass is 10.1. The van der Waals surface area contributed by atoms with Gasteiger partial charge in [-0.1, -0.05) is 23.8 Å². The number of carbonyl (C=O) groups is 1. The first-order chi connectivity index (χ1) is 8.15. The molecule has 0 saturated heterocycles. The molecule has 0 aromatic heterocycles. The van der Waals surface area contributed by atoms with Crippen molar-refractivity contribution < 1.29 is 4.79 Å². The number of carbonyl (C=O) groups excluding carboxylic acids is 1. The van der Waals surface area contributed by atoms with Gasteiger partial charge in [0, 0.05) is 12.6 Å². The van der Waals surface area contributed by atoms with Crippen molar-refractivity contribution in [3.8, 4) is 0 Å². The molecule has 0 unspecified atom stereocenters. The van der Waals surface area contributed by atoms with Crippen LogP contribution in [0.25, 0.3) is 0 Å². The summed E-state index contributed by atoms with van der Waals surface area (Å²) in [5, 5.41) is 6.15. The Morgan fingerprint density at radius 1 is 1.35 bits per heavy atom. The fourth-order valence-corrected chi connectivity index (χ4v) is 1.86. The first-order valence-corrected chi connectivity index (χ1v) is 6.21. The topological polar surface area (TPSA) is 41.1 Å². The number of aryl methyl sites for hydroxylation is 2. The van der Waals surface area contributed by atoms with E-state index in [9.17, 15) is 4.79 Å². The van der Waals surface area contributed by atoms with Crippen molar-refractivity contribution >= 4 is 5.91 Å². The van der Waals surface area contributed by atoms with Gasteiger partial charge in [0.1, 0.15) is 0 Å². The number of nitrogens with one attached hydrogen (secondary N) is 2. The molecular weight excluding hydrogens is 212 g/mol. The van der Waals surface area contributed by atoms with Crippen LogP contribution in [0.15, 0.2) is 18.2 Å². The van der Waals surface area contributed by atoms with Gasteiger partial charge in [0.15, 0.2) is 0 Å². The standard InChI is InChI=1S/C14H20N2O/c1-10-3-4-12(11(2)7-10)8-15-9-14(17)16-13-5-6-13/h3-4,7,13,15H,5-6,8-9H2,1-2H3,(H,16,17). The van der Waals surface area contributed by atoms with E-state index < -0.39 is 0 Å². The Labute approximate surface area is 103 Å². The Morgan fingerprint density at radius 3 is 2.76 bits per heavy atom. The number of rotatable bonds is 5. The van der Waals surface area contributed by atoms with Crippen LogP contribution in [0.2, 0.25) is 0 Å². The summed E-state index contributed by atoms with van der Waals surface area (Å²) >= 11 is 0. The molecule has 2 N–H and O–H groups in total. The van der Waals surface area contributed by atoms with E-state index in [2.05, 4.69) is 42.7 Å². The van der Waals surface area contributed by atoms with E-state index in [1.165, 1.54) is 16.7 Å². The minimum Gasteiger partial charge on any atom is -0.352 e. The predicted molar refractivity (Wildman–Crippen MR) is 68.8 cm³/mol. The SMILES string of the molecule is Cc1ccc(CNCC(=O)NC2CC2)c(C)c1. The lowest BCUT2D eigenvalue weighted by molar-refractivity contribution is -0.120. The molecular formula is C14H20N2O. The van der Waals surface area contributed by atoms with Crippen molar-refractivity contribution in [2.45, 2.75) is 39.3 Å². The van der Waals surface area contributed by atoms with Crippen molar-refractivity contribution in [1.29, 1.82) is 0 Å². The summed E-state index contributed by atoms with van der Waals surface area (Å²) in [6.07, 6.45) is 2.28. The fourth-order valence-electron chi connectivity index (χ4n) is 1.86. The molecule has 1 aliphatic rings. The minimum absolute atomic E-state index is 0.109. The first-order valence-electron chi connectivity index (χ1n) is 6.21. The second kappa shape index (κ2) is 5.32. The first kappa shape index (κ1) is 12.1. The lowest BCUT2D eigenvalue weighted by Crippen LogP contribution is -2.34. The van der Waals surface area contributed by atoms with Crippen LogP contribution in [-0.2, 0) is 11.3 Å². The Morgan fingerprint density at radius 2 is 2.12 bits per heavy atom. The summed E-state index contributed by atoms with van der Waals surface area (Å²) in [6.45, 7) is 5.36. The van der Waals surface area contributed by atoms with Gasteiger partial charge in [-0.25, -0.2) is 0 Å². The van der Waals surface area contributed by atoms with Crippen molar-refractivity contribution in [1.82, 2.24) is 10.6 Å². The molecule has 0 radical (unpaired) electrons. The molecule has 0 spiro atoms. The van der Waals surface area contributed by atoms with E-state index >= 15 is 0 Å². The van der Waals surface area contributed by atoms with Crippen LogP contribution in [0.4, 0.5) is 0 Å². The molecule has 3 nitrogen and oxygen atoms in total. The van der Waals surface area contributed by atoms with E-state index in [0.29, 0.717) is 12.6 Å². The predicted octanol–water partition coefficient (Wildman–Crippen LogP) is 1.67. The molecule has 0 atom stereocenters. The molecule has 0 bridgehead atoms. The van der Waals surface area contributed by atoms with Gasteiger partial charge in [-0.3, -0.25) is 4.79 Å². The van der Waals surface area contributed by atoms with E-state index in [4.69, 9.17) is 0 Å². The summed E-state index contributed by atoms with van der Waals surface area (Å²) in [7, 11) is 0. The van der Waals surface area contributed by atoms with Crippen LogP contribution >= 0.6 is 0 Å². The van der Waals surface area contributed by atoms with E-state index in [0.717, 1.165) is 19.4 Å². The van der Waals surface area contributed by atoms with Gasteiger partial charge in [-0.15, -0.1) is 0 Å². The van der Waals surface area contributed by atoms with Gasteiger partial charge < -0.3 is 10.6 Å². The molecule has 1 fully saturated rings. The van der Waals surface area contributed by atoms with Gasteiger partial charge in [-0.2, -0.15) is 0 Å². The summed E-state index contributed by atoms with van der Waals surface area (Å²) in [5.74, 6) is 0.109. The normalized spacial score (nSPS) is 14.7. The maximum atomic E-state index is 11.4. The van der Waals surface area contributed by atoms with Crippen molar-refractivity contribution in [2.75, 3.05) is 6.54 Å². The van der Waals surface area contributed by atoms with Crippen LogP contribution in [0.1, 0.15) is 29.5 Å². The average molecular weight is 232 g/mol. The molecule has 1 aromatic rings. The monoisotopic (exact) mass is 232 g/mol. The molecule has 2 rings (SSSR count). The molecule has 92 valence electrons. The summed E-state index contributed by atoms with van der Waals surface area (Å²) in [4.78, 5) is 11.4. The van der Waals surface area contributed by atoms with Gasteiger partial charge in [0.05, 0.1) is 6.54 Å². The quantitative estimate of drug-likeness (QED) is 0.811. The second-order valence-electron chi connectivity index (χ2n) is 4.88. The Bertz CT molecular complexity index is 411. The van der Waals surface area contributed by atoms with E-state index in [-0.39, 0.29) is 5.91 Å². The Balaban J connectivity index is 1.75. The Hall–Kier alpha value is -1.35. The highest BCUT2D eigenvalue weighted by Gasteiger charge is 2.22. The van der Waals surface area contributed by atoms with Crippen molar-refractivity contribution in [3.63, 3.8) is 0 Å². The third-order valence-electron chi connectivity index (χ3n) is 3.04. The van der Waals surface area contributed by atoms with Crippen molar-refractivity contribution in [3.05, 3.63) is 34.9 Å². The maximum absolute atomic E-state index is 11.4.